The Morgan fingerprint density at radius 2 is 2.00 bits per heavy atom. The Bertz CT molecular complexity index is 410. The molecular formula is C14H19NO2. The van der Waals surface area contributed by atoms with Crippen molar-refractivity contribution in [2.24, 2.45) is 5.73 Å². The van der Waals surface area contributed by atoms with E-state index in [9.17, 15) is 4.79 Å². The van der Waals surface area contributed by atoms with E-state index in [2.05, 4.69) is 16.9 Å². The first-order valence-corrected chi connectivity index (χ1v) is 6.05. The van der Waals surface area contributed by atoms with Crippen LogP contribution in [0.2, 0.25) is 0 Å². The van der Waals surface area contributed by atoms with Crippen molar-refractivity contribution in [3.8, 4) is 0 Å². The Labute approximate surface area is 102 Å². The average Bonchev–Trinajstić information content (AvgIpc) is 3.05. The second-order valence-electron chi connectivity index (χ2n) is 4.88. The average molecular weight is 233 g/mol. The van der Waals surface area contributed by atoms with E-state index in [0.717, 1.165) is 25.7 Å². The van der Waals surface area contributed by atoms with Crippen LogP contribution in [0.25, 0.3) is 0 Å². The highest BCUT2D eigenvalue weighted by atomic mass is 16.5. The molecule has 0 unspecified atom stereocenters. The first-order chi connectivity index (χ1) is 8.13. The summed E-state index contributed by atoms with van der Waals surface area (Å²) in [4.78, 5) is 11.1. The number of rotatable bonds is 5. The fourth-order valence-corrected chi connectivity index (χ4v) is 2.03. The molecule has 0 saturated heterocycles. The first kappa shape index (κ1) is 12.1. The number of carbonyl (C=O) groups is 1. The van der Waals surface area contributed by atoms with E-state index in [1.807, 2.05) is 12.1 Å². The van der Waals surface area contributed by atoms with Crippen molar-refractivity contribution in [3.05, 3.63) is 35.4 Å². The fraction of sp³-hybridized carbons (Fsp3) is 0.500. The van der Waals surface area contributed by atoms with E-state index >= 15 is 0 Å². The van der Waals surface area contributed by atoms with Crippen molar-refractivity contribution >= 4 is 5.97 Å². The van der Waals surface area contributed by atoms with Crippen LogP contribution >= 0.6 is 0 Å². The number of benzene rings is 1. The van der Waals surface area contributed by atoms with Gasteiger partial charge in [-0.05, 0) is 36.8 Å². The Morgan fingerprint density at radius 1 is 1.35 bits per heavy atom. The summed E-state index contributed by atoms with van der Waals surface area (Å²) in [5, 5.41) is 0. The van der Waals surface area contributed by atoms with Gasteiger partial charge in [-0.15, -0.1) is 0 Å². The van der Waals surface area contributed by atoms with Crippen molar-refractivity contribution in [2.45, 2.75) is 37.6 Å². The van der Waals surface area contributed by atoms with Crippen LogP contribution in [0.15, 0.2) is 24.3 Å². The summed E-state index contributed by atoms with van der Waals surface area (Å²) in [5.41, 5.74) is 8.64. The van der Waals surface area contributed by atoms with Crippen LogP contribution in [0.3, 0.4) is 0 Å². The van der Waals surface area contributed by atoms with Gasteiger partial charge in [0.15, 0.2) is 0 Å². The fourth-order valence-electron chi connectivity index (χ4n) is 2.03. The number of hydrogen-bond acceptors (Lipinski definition) is 3. The van der Waals surface area contributed by atoms with Crippen molar-refractivity contribution in [1.29, 1.82) is 0 Å². The monoisotopic (exact) mass is 233 g/mol. The van der Waals surface area contributed by atoms with E-state index in [-0.39, 0.29) is 11.5 Å². The van der Waals surface area contributed by atoms with Gasteiger partial charge in [-0.1, -0.05) is 24.3 Å². The maximum Gasteiger partial charge on any atom is 0.305 e. The summed E-state index contributed by atoms with van der Waals surface area (Å²) in [7, 11) is 1.42. The minimum atomic E-state index is -0.159. The lowest BCUT2D eigenvalue weighted by Gasteiger charge is -2.13. The molecule has 1 aromatic carbocycles. The second kappa shape index (κ2) is 4.88. The van der Waals surface area contributed by atoms with Gasteiger partial charge in [0.05, 0.1) is 7.11 Å². The third-order valence-corrected chi connectivity index (χ3v) is 3.38. The molecule has 0 amide bonds. The molecule has 92 valence electrons. The van der Waals surface area contributed by atoms with Gasteiger partial charge in [-0.25, -0.2) is 0 Å². The number of carbonyl (C=O) groups excluding carboxylic acids is 1. The standard InChI is InChI=1S/C14H19NO2/c1-17-13(16)7-6-11-4-2-3-5-12(11)10-14(15)8-9-14/h2-5H,6-10,15H2,1H3. The maximum atomic E-state index is 11.1. The lowest BCUT2D eigenvalue weighted by Crippen LogP contribution is -2.25. The van der Waals surface area contributed by atoms with Crippen molar-refractivity contribution < 1.29 is 9.53 Å². The second-order valence-corrected chi connectivity index (χ2v) is 4.88. The number of methoxy groups -OCH3 is 1. The van der Waals surface area contributed by atoms with Crippen LogP contribution in [0, 0.1) is 0 Å². The van der Waals surface area contributed by atoms with Crippen molar-refractivity contribution in [1.82, 2.24) is 0 Å². The zero-order valence-corrected chi connectivity index (χ0v) is 10.2. The molecule has 1 fully saturated rings. The summed E-state index contributed by atoms with van der Waals surface area (Å²) in [5.74, 6) is -0.159. The molecule has 0 atom stereocenters. The molecule has 3 nitrogen and oxygen atoms in total. The topological polar surface area (TPSA) is 52.3 Å². The van der Waals surface area contributed by atoms with Crippen LogP contribution in [-0.2, 0) is 22.4 Å². The molecule has 2 N–H and O–H groups in total. The maximum absolute atomic E-state index is 11.1. The van der Waals surface area contributed by atoms with Gasteiger partial charge in [0.1, 0.15) is 0 Å². The molecule has 1 saturated carbocycles. The number of esters is 1. The van der Waals surface area contributed by atoms with Gasteiger partial charge in [0.2, 0.25) is 0 Å². The van der Waals surface area contributed by atoms with Gasteiger partial charge >= 0.3 is 5.97 Å². The minimum absolute atomic E-state index is 0.0152. The van der Waals surface area contributed by atoms with E-state index in [0.29, 0.717) is 6.42 Å². The zero-order chi connectivity index (χ0) is 12.3. The third kappa shape index (κ3) is 3.30. The molecule has 0 bridgehead atoms. The van der Waals surface area contributed by atoms with E-state index in [1.54, 1.807) is 0 Å². The van der Waals surface area contributed by atoms with Crippen LogP contribution in [0.5, 0.6) is 0 Å². The predicted octanol–water partition coefficient (Wildman–Crippen LogP) is 1.83. The Balaban J connectivity index is 2.02. The van der Waals surface area contributed by atoms with Gasteiger partial charge in [0.25, 0.3) is 0 Å². The molecule has 0 aromatic heterocycles. The van der Waals surface area contributed by atoms with Gasteiger partial charge in [-0.3, -0.25) is 4.79 Å². The molecule has 1 aromatic rings. The van der Waals surface area contributed by atoms with Crippen molar-refractivity contribution in [2.75, 3.05) is 7.11 Å². The summed E-state index contributed by atoms with van der Waals surface area (Å²) in [6, 6.07) is 8.22. The zero-order valence-electron chi connectivity index (χ0n) is 10.2. The predicted molar refractivity (Wildman–Crippen MR) is 66.6 cm³/mol. The van der Waals surface area contributed by atoms with E-state index < -0.39 is 0 Å². The number of aryl methyl sites for hydroxylation is 1. The summed E-state index contributed by atoms with van der Waals surface area (Å²) in [6.07, 6.45) is 4.31. The van der Waals surface area contributed by atoms with Crippen molar-refractivity contribution in [3.63, 3.8) is 0 Å². The van der Waals surface area contributed by atoms with Crippen LogP contribution in [0.1, 0.15) is 30.4 Å². The largest absolute Gasteiger partial charge is 0.469 e. The summed E-state index contributed by atoms with van der Waals surface area (Å²) < 4.78 is 4.66. The summed E-state index contributed by atoms with van der Waals surface area (Å²) >= 11 is 0. The molecule has 0 aliphatic heterocycles. The van der Waals surface area contributed by atoms with Gasteiger partial charge < -0.3 is 10.5 Å². The van der Waals surface area contributed by atoms with Crippen LogP contribution in [0.4, 0.5) is 0 Å². The quantitative estimate of drug-likeness (QED) is 0.789. The Kier molecular flexibility index (Phi) is 3.48. The molecular weight excluding hydrogens is 214 g/mol. The molecule has 0 radical (unpaired) electrons. The molecule has 0 spiro atoms. The SMILES string of the molecule is COC(=O)CCc1ccccc1CC1(N)CC1. The highest BCUT2D eigenvalue weighted by Crippen LogP contribution is 2.36. The van der Waals surface area contributed by atoms with Crippen LogP contribution in [-0.4, -0.2) is 18.6 Å². The van der Waals surface area contributed by atoms with Gasteiger partial charge in [-0.2, -0.15) is 0 Å². The molecule has 1 aliphatic carbocycles. The Hall–Kier alpha value is -1.35. The van der Waals surface area contributed by atoms with Crippen LogP contribution < -0.4 is 5.73 Å². The number of hydrogen-bond donors (Lipinski definition) is 1. The number of nitrogens with two attached hydrogens (primary N) is 1. The third-order valence-electron chi connectivity index (χ3n) is 3.38. The molecule has 2 rings (SSSR count). The highest BCUT2D eigenvalue weighted by molar-refractivity contribution is 5.69. The number of ether oxygens (including phenoxy) is 1. The molecule has 1 aliphatic rings. The molecule has 0 heterocycles. The normalized spacial score (nSPS) is 16.6. The smallest absolute Gasteiger partial charge is 0.305 e. The van der Waals surface area contributed by atoms with E-state index in [4.69, 9.17) is 5.73 Å². The van der Waals surface area contributed by atoms with E-state index in [1.165, 1.54) is 18.2 Å². The molecule has 17 heavy (non-hydrogen) atoms. The lowest BCUT2D eigenvalue weighted by molar-refractivity contribution is -0.140. The minimum Gasteiger partial charge on any atom is -0.469 e. The van der Waals surface area contributed by atoms with Gasteiger partial charge in [0, 0.05) is 12.0 Å². The summed E-state index contributed by atoms with van der Waals surface area (Å²) in [6.45, 7) is 0. The first-order valence-electron chi connectivity index (χ1n) is 6.05. The highest BCUT2D eigenvalue weighted by Gasteiger charge is 2.38. The Morgan fingerprint density at radius 3 is 2.59 bits per heavy atom. The molecule has 3 heteroatoms. The lowest BCUT2D eigenvalue weighted by atomic mass is 9.96.